The first kappa shape index (κ1) is 10.6. The molecule has 0 radical (unpaired) electrons. The van der Waals surface area contributed by atoms with Crippen molar-refractivity contribution in [3.05, 3.63) is 29.8 Å². The van der Waals surface area contributed by atoms with Gasteiger partial charge < -0.3 is 5.11 Å². The van der Waals surface area contributed by atoms with E-state index in [1.807, 2.05) is 0 Å². The zero-order valence-corrected chi connectivity index (χ0v) is 8.64. The number of anilines is 1. The highest BCUT2D eigenvalue weighted by Crippen LogP contribution is 2.21. The largest absolute Gasteiger partial charge is 0.478 e. The van der Waals surface area contributed by atoms with E-state index in [2.05, 4.69) is 5.43 Å². The van der Waals surface area contributed by atoms with Crippen LogP contribution in [0.5, 0.6) is 0 Å². The zero-order valence-electron chi connectivity index (χ0n) is 8.64. The van der Waals surface area contributed by atoms with E-state index in [0.29, 0.717) is 18.7 Å². The van der Waals surface area contributed by atoms with E-state index in [0.717, 1.165) is 6.42 Å². The van der Waals surface area contributed by atoms with Gasteiger partial charge >= 0.3 is 5.97 Å². The Morgan fingerprint density at radius 2 is 2.12 bits per heavy atom. The van der Waals surface area contributed by atoms with Crippen molar-refractivity contribution in [3.8, 4) is 0 Å². The lowest BCUT2D eigenvalue weighted by molar-refractivity contribution is -0.120. The number of hydrazine groups is 1. The molecule has 5 heteroatoms. The summed E-state index contributed by atoms with van der Waals surface area (Å²) in [6, 6.07) is 6.47. The van der Waals surface area contributed by atoms with Gasteiger partial charge in [-0.05, 0) is 18.6 Å². The summed E-state index contributed by atoms with van der Waals surface area (Å²) < 4.78 is 0. The van der Waals surface area contributed by atoms with E-state index < -0.39 is 5.97 Å². The van der Waals surface area contributed by atoms with Crippen molar-refractivity contribution in [3.63, 3.8) is 0 Å². The number of benzene rings is 1. The maximum absolute atomic E-state index is 11.6. The van der Waals surface area contributed by atoms with Crippen LogP contribution in [0.15, 0.2) is 24.3 Å². The average molecular weight is 220 g/mol. The number of carbonyl (C=O) groups excluding carboxylic acids is 1. The summed E-state index contributed by atoms with van der Waals surface area (Å²) in [5.74, 6) is -1.13. The quantitative estimate of drug-likeness (QED) is 0.780. The Balaban J connectivity index is 2.38. The second-order valence-corrected chi connectivity index (χ2v) is 3.56. The molecule has 1 aliphatic heterocycles. The molecule has 0 atom stereocenters. The molecule has 1 heterocycles. The fourth-order valence-electron chi connectivity index (χ4n) is 1.70. The second-order valence-electron chi connectivity index (χ2n) is 3.56. The summed E-state index contributed by atoms with van der Waals surface area (Å²) in [5.41, 5.74) is 3.43. The van der Waals surface area contributed by atoms with E-state index >= 15 is 0 Å². The van der Waals surface area contributed by atoms with Gasteiger partial charge in [0, 0.05) is 13.0 Å². The van der Waals surface area contributed by atoms with Crippen LogP contribution in [0.2, 0.25) is 0 Å². The first-order valence-corrected chi connectivity index (χ1v) is 5.09. The Morgan fingerprint density at radius 1 is 1.38 bits per heavy atom. The smallest absolute Gasteiger partial charge is 0.337 e. The summed E-state index contributed by atoms with van der Waals surface area (Å²) in [6.45, 7) is 0.680. The number of hydrogen-bond donors (Lipinski definition) is 2. The number of carbonyl (C=O) groups is 2. The zero-order chi connectivity index (χ0) is 11.5. The van der Waals surface area contributed by atoms with Gasteiger partial charge in [-0.15, -0.1) is 0 Å². The number of nitrogens with one attached hydrogen (secondary N) is 1. The molecule has 5 nitrogen and oxygen atoms in total. The summed E-state index contributed by atoms with van der Waals surface area (Å²) in [6.07, 6.45) is 1.23. The van der Waals surface area contributed by atoms with Gasteiger partial charge in [0.2, 0.25) is 5.91 Å². The number of para-hydroxylation sites is 1. The average Bonchev–Trinajstić information content (AvgIpc) is 2.29. The third-order valence-corrected chi connectivity index (χ3v) is 2.46. The number of rotatable bonds is 2. The number of carboxylic acids is 1. The lowest BCUT2D eigenvalue weighted by Gasteiger charge is -2.28. The van der Waals surface area contributed by atoms with Crippen LogP contribution in [0.25, 0.3) is 0 Å². The Bertz CT molecular complexity index is 431. The highest BCUT2D eigenvalue weighted by molar-refractivity contribution is 6.01. The Labute approximate surface area is 92.6 Å². The maximum Gasteiger partial charge on any atom is 0.337 e. The Kier molecular flexibility index (Phi) is 2.87. The van der Waals surface area contributed by atoms with Crippen molar-refractivity contribution >= 4 is 17.6 Å². The minimum Gasteiger partial charge on any atom is -0.478 e. The molecular weight excluding hydrogens is 208 g/mol. The molecule has 0 aliphatic carbocycles. The van der Waals surface area contributed by atoms with Crippen molar-refractivity contribution in [2.75, 3.05) is 11.6 Å². The van der Waals surface area contributed by atoms with Gasteiger partial charge in [-0.25, -0.2) is 15.2 Å². The lowest BCUT2D eigenvalue weighted by atomic mass is 10.1. The Hall–Kier alpha value is -1.88. The lowest BCUT2D eigenvalue weighted by Crippen LogP contribution is -2.48. The van der Waals surface area contributed by atoms with E-state index in [-0.39, 0.29) is 11.5 Å². The molecular formula is C11H12N2O3. The van der Waals surface area contributed by atoms with E-state index in [1.54, 1.807) is 18.2 Å². The molecule has 84 valence electrons. The van der Waals surface area contributed by atoms with E-state index in [1.165, 1.54) is 11.1 Å². The third-order valence-electron chi connectivity index (χ3n) is 2.46. The predicted molar refractivity (Wildman–Crippen MR) is 58.1 cm³/mol. The fourth-order valence-corrected chi connectivity index (χ4v) is 1.70. The molecule has 0 spiro atoms. The molecule has 1 aromatic carbocycles. The number of aromatic carboxylic acids is 1. The molecule has 16 heavy (non-hydrogen) atoms. The van der Waals surface area contributed by atoms with Gasteiger partial charge in [-0.2, -0.15) is 0 Å². The van der Waals surface area contributed by atoms with Crippen LogP contribution in [0.3, 0.4) is 0 Å². The van der Waals surface area contributed by atoms with Crippen LogP contribution in [0.1, 0.15) is 23.2 Å². The van der Waals surface area contributed by atoms with Crippen LogP contribution in [0.4, 0.5) is 5.69 Å². The van der Waals surface area contributed by atoms with Crippen molar-refractivity contribution in [2.24, 2.45) is 0 Å². The third kappa shape index (κ3) is 1.90. The van der Waals surface area contributed by atoms with Crippen molar-refractivity contribution in [1.29, 1.82) is 0 Å². The minimum atomic E-state index is -1.03. The van der Waals surface area contributed by atoms with Crippen molar-refractivity contribution in [2.45, 2.75) is 12.8 Å². The van der Waals surface area contributed by atoms with Gasteiger partial charge in [-0.3, -0.25) is 4.79 Å². The number of carboxylic acid groups (broad SMARTS) is 1. The molecule has 0 aromatic heterocycles. The van der Waals surface area contributed by atoms with Crippen molar-refractivity contribution < 1.29 is 14.7 Å². The molecule has 0 unspecified atom stereocenters. The van der Waals surface area contributed by atoms with Crippen LogP contribution in [-0.4, -0.2) is 23.5 Å². The van der Waals surface area contributed by atoms with Crippen LogP contribution in [-0.2, 0) is 4.79 Å². The standard InChI is InChI=1S/C11H12N2O3/c14-10-6-3-7-12-13(10)9-5-2-1-4-8(9)11(15)16/h1-2,4-5,12H,3,6-7H2,(H,15,16). The molecule has 2 N–H and O–H groups in total. The van der Waals surface area contributed by atoms with E-state index in [4.69, 9.17) is 5.11 Å². The summed E-state index contributed by atoms with van der Waals surface area (Å²) in [5, 5.41) is 10.3. The normalized spacial score (nSPS) is 16.2. The molecule has 1 aromatic rings. The number of nitrogens with zero attached hydrogens (tertiary/aromatic N) is 1. The van der Waals surface area contributed by atoms with Crippen molar-refractivity contribution in [1.82, 2.24) is 5.43 Å². The molecule has 1 amide bonds. The van der Waals surface area contributed by atoms with Crippen LogP contribution >= 0.6 is 0 Å². The highest BCUT2D eigenvalue weighted by Gasteiger charge is 2.23. The number of amides is 1. The molecule has 1 aliphatic rings. The molecule has 2 rings (SSSR count). The van der Waals surface area contributed by atoms with Gasteiger partial charge in [0.25, 0.3) is 0 Å². The Morgan fingerprint density at radius 3 is 2.81 bits per heavy atom. The number of hydrogen-bond acceptors (Lipinski definition) is 3. The summed E-state index contributed by atoms with van der Waals surface area (Å²) in [7, 11) is 0. The van der Waals surface area contributed by atoms with Gasteiger partial charge in [0.15, 0.2) is 0 Å². The maximum atomic E-state index is 11.6. The predicted octanol–water partition coefficient (Wildman–Crippen LogP) is 1.02. The molecule has 0 bridgehead atoms. The molecule has 0 saturated carbocycles. The molecule has 1 fully saturated rings. The minimum absolute atomic E-state index is 0.0973. The first-order chi connectivity index (χ1) is 7.70. The highest BCUT2D eigenvalue weighted by atomic mass is 16.4. The van der Waals surface area contributed by atoms with Gasteiger partial charge in [0.1, 0.15) is 0 Å². The van der Waals surface area contributed by atoms with Gasteiger partial charge in [-0.1, -0.05) is 12.1 Å². The molecule has 1 saturated heterocycles. The second kappa shape index (κ2) is 4.32. The van der Waals surface area contributed by atoms with Crippen LogP contribution in [0, 0.1) is 0 Å². The summed E-state index contributed by atoms with van der Waals surface area (Å²) >= 11 is 0. The van der Waals surface area contributed by atoms with Gasteiger partial charge in [0.05, 0.1) is 11.3 Å². The van der Waals surface area contributed by atoms with Crippen LogP contribution < -0.4 is 10.4 Å². The monoisotopic (exact) mass is 220 g/mol. The topological polar surface area (TPSA) is 69.6 Å². The SMILES string of the molecule is O=C(O)c1ccccc1N1NCCCC1=O. The fraction of sp³-hybridized carbons (Fsp3) is 0.273. The first-order valence-electron chi connectivity index (χ1n) is 5.09. The van der Waals surface area contributed by atoms with E-state index in [9.17, 15) is 9.59 Å². The summed E-state index contributed by atoms with van der Waals surface area (Å²) in [4.78, 5) is 22.6.